The van der Waals surface area contributed by atoms with Crippen LogP contribution in [-0.4, -0.2) is 20.1 Å². The number of halogens is 1. The van der Waals surface area contributed by atoms with E-state index in [-0.39, 0.29) is 12.3 Å². The molecule has 0 aliphatic carbocycles. The third-order valence-corrected chi connectivity index (χ3v) is 4.56. The van der Waals surface area contributed by atoms with Gasteiger partial charge in [0.1, 0.15) is 0 Å². The smallest absolute Gasteiger partial charge is 0.228 e. The molecule has 1 amide bonds. The molecule has 0 aliphatic rings. The van der Waals surface area contributed by atoms with Gasteiger partial charge < -0.3 is 14.8 Å². The maximum Gasteiger partial charge on any atom is 0.228 e. The van der Waals surface area contributed by atoms with Gasteiger partial charge in [-0.05, 0) is 53.8 Å². The Balaban J connectivity index is 2.21. The third-order valence-electron chi connectivity index (χ3n) is 4.11. The largest absolute Gasteiger partial charge is 0.493 e. The number of amides is 1. The molecule has 5 heteroatoms. The average molecular weight is 406 g/mol. The summed E-state index contributed by atoms with van der Waals surface area (Å²) in [6.07, 6.45) is 2.00. The molecule has 0 aliphatic heterocycles. The Labute approximate surface area is 157 Å². The fourth-order valence-electron chi connectivity index (χ4n) is 2.80. The first-order valence-corrected chi connectivity index (χ1v) is 9.13. The van der Waals surface area contributed by atoms with Gasteiger partial charge in [0.2, 0.25) is 5.91 Å². The number of ether oxygens (including phenoxy) is 2. The number of benzene rings is 2. The monoisotopic (exact) mass is 405 g/mol. The molecule has 1 N–H and O–H groups in total. The molecule has 2 aromatic carbocycles. The normalized spacial score (nSPS) is 10.4. The fraction of sp³-hybridized carbons (Fsp3) is 0.350. The summed E-state index contributed by atoms with van der Waals surface area (Å²) in [7, 11) is 3.18. The molecule has 134 valence electrons. The zero-order chi connectivity index (χ0) is 18.4. The van der Waals surface area contributed by atoms with Crippen LogP contribution >= 0.6 is 15.9 Å². The summed E-state index contributed by atoms with van der Waals surface area (Å²) >= 11 is 3.54. The van der Waals surface area contributed by atoms with Gasteiger partial charge in [0.25, 0.3) is 0 Å². The molecule has 0 saturated carbocycles. The van der Waals surface area contributed by atoms with Crippen LogP contribution < -0.4 is 14.8 Å². The van der Waals surface area contributed by atoms with Crippen molar-refractivity contribution >= 4 is 27.5 Å². The van der Waals surface area contributed by atoms with Crippen molar-refractivity contribution in [2.75, 3.05) is 19.5 Å². The van der Waals surface area contributed by atoms with E-state index in [9.17, 15) is 4.79 Å². The molecule has 2 rings (SSSR count). The van der Waals surface area contributed by atoms with Crippen LogP contribution in [0.3, 0.4) is 0 Å². The second-order valence-electron chi connectivity index (χ2n) is 5.72. The molecular weight excluding hydrogens is 382 g/mol. The van der Waals surface area contributed by atoms with E-state index >= 15 is 0 Å². The molecule has 0 radical (unpaired) electrons. The molecule has 0 saturated heterocycles. The lowest BCUT2D eigenvalue weighted by Gasteiger charge is -2.16. The number of carbonyl (C=O) groups is 1. The van der Waals surface area contributed by atoms with Gasteiger partial charge in [-0.2, -0.15) is 0 Å². The topological polar surface area (TPSA) is 47.6 Å². The summed E-state index contributed by atoms with van der Waals surface area (Å²) in [5.74, 6) is 1.24. The lowest BCUT2D eigenvalue weighted by atomic mass is 10.0. The maximum absolute atomic E-state index is 12.6. The van der Waals surface area contributed by atoms with Crippen LogP contribution in [0.4, 0.5) is 5.69 Å². The number of nitrogens with one attached hydrogen (secondary N) is 1. The van der Waals surface area contributed by atoms with Gasteiger partial charge in [-0.3, -0.25) is 4.79 Å². The van der Waals surface area contributed by atoms with Gasteiger partial charge in [-0.25, -0.2) is 0 Å². The second-order valence-corrected chi connectivity index (χ2v) is 6.64. The summed E-state index contributed by atoms with van der Waals surface area (Å²) in [5, 5.41) is 3.09. The van der Waals surface area contributed by atoms with Crippen LogP contribution in [0, 0.1) is 0 Å². The van der Waals surface area contributed by atoms with Gasteiger partial charge in [0.15, 0.2) is 11.5 Å². The van der Waals surface area contributed by atoms with Crippen molar-refractivity contribution < 1.29 is 14.3 Å². The lowest BCUT2D eigenvalue weighted by molar-refractivity contribution is -0.115. The van der Waals surface area contributed by atoms with Gasteiger partial charge in [-0.1, -0.05) is 35.8 Å². The molecule has 0 atom stereocenters. The van der Waals surface area contributed by atoms with Crippen molar-refractivity contribution in [2.24, 2.45) is 0 Å². The Bertz CT molecular complexity index is 734. The molecule has 0 spiro atoms. The summed E-state index contributed by atoms with van der Waals surface area (Å²) in [5.41, 5.74) is 4.07. The standard InChI is InChI=1S/C20H24BrNO3/c1-5-14-11-16(21)12-15(6-2)20(14)22-19(23)10-13-7-8-17(24-3)18(9-13)25-4/h7-9,11-12H,5-6,10H2,1-4H3,(H,22,23). The SMILES string of the molecule is CCc1cc(Br)cc(CC)c1NC(=O)Cc1ccc(OC)c(OC)c1. The van der Waals surface area contributed by atoms with Crippen molar-refractivity contribution in [3.8, 4) is 11.5 Å². The zero-order valence-electron chi connectivity index (χ0n) is 15.1. The van der Waals surface area contributed by atoms with Crippen molar-refractivity contribution in [1.29, 1.82) is 0 Å². The number of hydrogen-bond acceptors (Lipinski definition) is 3. The first-order valence-electron chi connectivity index (χ1n) is 8.34. The highest BCUT2D eigenvalue weighted by Gasteiger charge is 2.13. The van der Waals surface area contributed by atoms with E-state index in [0.29, 0.717) is 11.5 Å². The Hall–Kier alpha value is -2.01. The summed E-state index contributed by atoms with van der Waals surface area (Å²) in [6, 6.07) is 9.65. The number of hydrogen-bond donors (Lipinski definition) is 1. The number of rotatable bonds is 7. The maximum atomic E-state index is 12.6. The van der Waals surface area contributed by atoms with E-state index in [1.807, 2.05) is 18.2 Å². The number of anilines is 1. The molecule has 0 bridgehead atoms. The fourth-order valence-corrected chi connectivity index (χ4v) is 3.36. The number of methoxy groups -OCH3 is 2. The molecule has 2 aromatic rings. The molecule has 0 heterocycles. The first kappa shape index (κ1) is 19.3. The summed E-state index contributed by atoms with van der Waals surface area (Å²) in [4.78, 5) is 12.6. The van der Waals surface area contributed by atoms with E-state index in [4.69, 9.17) is 9.47 Å². The molecule has 0 unspecified atom stereocenters. The highest BCUT2D eigenvalue weighted by atomic mass is 79.9. The van der Waals surface area contributed by atoms with Crippen molar-refractivity contribution in [2.45, 2.75) is 33.1 Å². The Kier molecular flexibility index (Phi) is 6.88. The minimum absolute atomic E-state index is 0.0426. The number of aryl methyl sites for hydroxylation is 2. The van der Waals surface area contributed by atoms with Gasteiger partial charge in [0, 0.05) is 10.2 Å². The quantitative estimate of drug-likeness (QED) is 0.721. The summed E-state index contributed by atoms with van der Waals surface area (Å²) < 4.78 is 11.6. The van der Waals surface area contributed by atoms with Crippen LogP contribution in [0.15, 0.2) is 34.8 Å². The Morgan fingerprint density at radius 1 is 1.00 bits per heavy atom. The van der Waals surface area contributed by atoms with Crippen LogP contribution in [0.1, 0.15) is 30.5 Å². The summed E-state index contributed by atoms with van der Waals surface area (Å²) in [6.45, 7) is 4.18. The minimum atomic E-state index is -0.0426. The van der Waals surface area contributed by atoms with Crippen LogP contribution in [0.25, 0.3) is 0 Å². The van der Waals surface area contributed by atoms with E-state index in [1.54, 1.807) is 14.2 Å². The highest BCUT2D eigenvalue weighted by Crippen LogP contribution is 2.29. The Morgan fingerprint density at radius 3 is 2.12 bits per heavy atom. The van der Waals surface area contributed by atoms with E-state index in [1.165, 1.54) is 0 Å². The predicted molar refractivity (Wildman–Crippen MR) is 105 cm³/mol. The highest BCUT2D eigenvalue weighted by molar-refractivity contribution is 9.10. The molecule has 4 nitrogen and oxygen atoms in total. The van der Waals surface area contributed by atoms with Gasteiger partial charge in [0.05, 0.1) is 20.6 Å². The van der Waals surface area contributed by atoms with Crippen molar-refractivity contribution in [1.82, 2.24) is 0 Å². The van der Waals surface area contributed by atoms with Gasteiger partial charge in [-0.15, -0.1) is 0 Å². The Morgan fingerprint density at radius 2 is 1.60 bits per heavy atom. The van der Waals surface area contributed by atoms with Gasteiger partial charge >= 0.3 is 0 Å². The average Bonchev–Trinajstić information content (AvgIpc) is 2.62. The third kappa shape index (κ3) is 4.75. The first-order chi connectivity index (χ1) is 12.0. The predicted octanol–water partition coefficient (Wildman–Crippen LogP) is 4.77. The second kappa shape index (κ2) is 8.90. The molecule has 25 heavy (non-hydrogen) atoms. The minimum Gasteiger partial charge on any atom is -0.493 e. The van der Waals surface area contributed by atoms with E-state index in [2.05, 4.69) is 47.2 Å². The molecule has 0 fully saturated rings. The van der Waals surface area contributed by atoms with Crippen LogP contribution in [0.2, 0.25) is 0 Å². The zero-order valence-corrected chi connectivity index (χ0v) is 16.7. The lowest BCUT2D eigenvalue weighted by Crippen LogP contribution is -2.17. The van der Waals surface area contributed by atoms with Crippen LogP contribution in [-0.2, 0) is 24.1 Å². The number of carbonyl (C=O) groups excluding carboxylic acids is 1. The molecular formula is C20H24BrNO3. The van der Waals surface area contributed by atoms with Crippen molar-refractivity contribution in [3.63, 3.8) is 0 Å². The van der Waals surface area contributed by atoms with Crippen LogP contribution in [0.5, 0.6) is 11.5 Å². The van der Waals surface area contributed by atoms with E-state index < -0.39 is 0 Å². The van der Waals surface area contributed by atoms with E-state index in [0.717, 1.165) is 39.7 Å². The molecule has 0 aromatic heterocycles. The van der Waals surface area contributed by atoms with Crippen molar-refractivity contribution in [3.05, 3.63) is 51.5 Å².